The number of amides is 3. The number of methoxy groups -OCH3 is 1. The minimum absolute atomic E-state index is 0.0694. The molecule has 2 fully saturated rings. The van der Waals surface area contributed by atoms with Gasteiger partial charge in [0.25, 0.3) is 5.91 Å². The fraction of sp³-hybridized carbons (Fsp3) is 0.458. The highest BCUT2D eigenvalue weighted by Crippen LogP contribution is 2.37. The predicted octanol–water partition coefficient (Wildman–Crippen LogP) is 2.57. The first-order chi connectivity index (χ1) is 15.1. The van der Waals surface area contributed by atoms with Crippen molar-refractivity contribution in [1.82, 2.24) is 19.7 Å². The maximum absolute atomic E-state index is 13.5. The summed E-state index contributed by atoms with van der Waals surface area (Å²) in [4.78, 5) is 36.7. The molecule has 0 atom stereocenters. The summed E-state index contributed by atoms with van der Waals surface area (Å²) in [5.41, 5.74) is 1.44. The third kappa shape index (κ3) is 4.48. The van der Waals surface area contributed by atoms with Crippen LogP contribution in [0.25, 0.3) is 0 Å². The van der Waals surface area contributed by atoms with E-state index in [4.69, 9.17) is 4.74 Å². The number of aromatic nitrogens is 1. The summed E-state index contributed by atoms with van der Waals surface area (Å²) in [6, 6.07) is 15.9. The van der Waals surface area contributed by atoms with Crippen LogP contribution < -0.4 is 0 Å². The first kappa shape index (κ1) is 21.5. The van der Waals surface area contributed by atoms with E-state index >= 15 is 0 Å². The van der Waals surface area contributed by atoms with Gasteiger partial charge in [0, 0.05) is 39.5 Å². The van der Waals surface area contributed by atoms with E-state index in [0.717, 1.165) is 31.7 Å². The van der Waals surface area contributed by atoms with E-state index in [0.29, 0.717) is 32.5 Å². The number of rotatable bonds is 8. The van der Waals surface area contributed by atoms with Crippen LogP contribution in [0.2, 0.25) is 0 Å². The van der Waals surface area contributed by atoms with Crippen molar-refractivity contribution >= 4 is 11.9 Å². The molecule has 2 aromatic rings. The van der Waals surface area contributed by atoms with Gasteiger partial charge in [0.1, 0.15) is 5.54 Å². The predicted molar refractivity (Wildman–Crippen MR) is 117 cm³/mol. The van der Waals surface area contributed by atoms with Crippen LogP contribution >= 0.6 is 0 Å². The van der Waals surface area contributed by atoms with Crippen LogP contribution in [0.1, 0.15) is 24.1 Å². The first-order valence-corrected chi connectivity index (χ1v) is 10.9. The zero-order valence-corrected chi connectivity index (χ0v) is 18.1. The SMILES string of the molecule is COCCN1C(=O)N(CCc2ccccc2)C2(CCN(Cc3ccccn3)CC2)C1=O. The lowest BCUT2D eigenvalue weighted by Gasteiger charge is -2.42. The van der Waals surface area contributed by atoms with Gasteiger partial charge in [0.2, 0.25) is 0 Å². The van der Waals surface area contributed by atoms with E-state index in [2.05, 4.69) is 22.0 Å². The first-order valence-electron chi connectivity index (χ1n) is 10.9. The van der Waals surface area contributed by atoms with Crippen LogP contribution in [0, 0.1) is 0 Å². The van der Waals surface area contributed by atoms with E-state index in [1.807, 2.05) is 41.3 Å². The van der Waals surface area contributed by atoms with Gasteiger partial charge in [-0.2, -0.15) is 0 Å². The lowest BCUT2D eigenvalue weighted by atomic mass is 9.85. The van der Waals surface area contributed by atoms with Crippen LogP contribution in [0.3, 0.4) is 0 Å². The van der Waals surface area contributed by atoms with Crippen molar-refractivity contribution in [3.63, 3.8) is 0 Å². The Morgan fingerprint density at radius 3 is 2.42 bits per heavy atom. The van der Waals surface area contributed by atoms with E-state index in [9.17, 15) is 9.59 Å². The van der Waals surface area contributed by atoms with Gasteiger partial charge in [-0.3, -0.25) is 19.6 Å². The molecule has 2 aliphatic rings. The molecular weight excluding hydrogens is 392 g/mol. The fourth-order valence-corrected chi connectivity index (χ4v) is 4.64. The Morgan fingerprint density at radius 1 is 1.00 bits per heavy atom. The number of nitrogens with zero attached hydrogens (tertiary/aromatic N) is 4. The zero-order chi connectivity index (χ0) is 21.7. The molecule has 7 nitrogen and oxygen atoms in total. The maximum atomic E-state index is 13.5. The Balaban J connectivity index is 1.49. The maximum Gasteiger partial charge on any atom is 0.327 e. The Kier molecular flexibility index (Phi) is 6.63. The lowest BCUT2D eigenvalue weighted by Crippen LogP contribution is -2.56. The van der Waals surface area contributed by atoms with E-state index < -0.39 is 5.54 Å². The number of hydrogen-bond donors (Lipinski definition) is 0. The summed E-state index contributed by atoms with van der Waals surface area (Å²) in [6.45, 7) is 3.47. The number of pyridine rings is 1. The van der Waals surface area contributed by atoms with E-state index in [1.54, 1.807) is 13.3 Å². The van der Waals surface area contributed by atoms with Crippen LogP contribution in [-0.2, 0) is 22.5 Å². The van der Waals surface area contributed by atoms with Crippen molar-refractivity contribution in [3.05, 3.63) is 66.0 Å². The zero-order valence-electron chi connectivity index (χ0n) is 18.1. The molecule has 0 radical (unpaired) electrons. The van der Waals surface area contributed by atoms with Crippen molar-refractivity contribution in [3.8, 4) is 0 Å². The topological polar surface area (TPSA) is 66.0 Å². The van der Waals surface area contributed by atoms with Crippen molar-refractivity contribution in [2.75, 3.05) is 39.9 Å². The largest absolute Gasteiger partial charge is 0.383 e. The third-order valence-corrected chi connectivity index (χ3v) is 6.40. The van der Waals surface area contributed by atoms with Gasteiger partial charge in [-0.25, -0.2) is 4.79 Å². The Bertz CT molecular complexity index is 882. The Labute approximate surface area is 183 Å². The number of ether oxygens (including phenoxy) is 1. The summed E-state index contributed by atoms with van der Waals surface area (Å²) >= 11 is 0. The number of hydrogen-bond acceptors (Lipinski definition) is 5. The molecule has 0 bridgehead atoms. The highest BCUT2D eigenvalue weighted by molar-refractivity contribution is 6.07. The van der Waals surface area contributed by atoms with E-state index in [1.165, 1.54) is 10.5 Å². The van der Waals surface area contributed by atoms with Crippen molar-refractivity contribution < 1.29 is 14.3 Å². The molecule has 0 unspecified atom stereocenters. The molecule has 1 aromatic carbocycles. The second-order valence-electron chi connectivity index (χ2n) is 8.25. The summed E-state index contributed by atoms with van der Waals surface area (Å²) < 4.78 is 5.14. The molecule has 7 heteroatoms. The van der Waals surface area contributed by atoms with Crippen LogP contribution in [-0.4, -0.2) is 77.1 Å². The fourth-order valence-electron chi connectivity index (χ4n) is 4.64. The number of carbonyl (C=O) groups is 2. The molecule has 1 spiro atoms. The Morgan fingerprint density at radius 2 is 1.74 bits per heavy atom. The van der Waals surface area contributed by atoms with Crippen LogP contribution in [0.4, 0.5) is 4.79 Å². The number of likely N-dealkylation sites (tertiary alicyclic amines) is 1. The quantitative estimate of drug-likeness (QED) is 0.612. The van der Waals surface area contributed by atoms with Gasteiger partial charge in [-0.05, 0) is 37.0 Å². The number of benzene rings is 1. The molecule has 2 saturated heterocycles. The number of piperidine rings is 1. The van der Waals surface area contributed by atoms with Gasteiger partial charge in [-0.15, -0.1) is 0 Å². The van der Waals surface area contributed by atoms with E-state index in [-0.39, 0.29) is 11.9 Å². The molecule has 3 amide bonds. The standard InChI is InChI=1S/C24H30N4O3/c1-31-18-17-27-22(29)24(28(23(27)30)14-10-20-7-3-2-4-8-20)11-15-26(16-12-24)19-21-9-5-6-13-25-21/h2-9,13H,10-12,14-19H2,1H3. The molecular formula is C24H30N4O3. The molecule has 31 heavy (non-hydrogen) atoms. The molecule has 0 saturated carbocycles. The van der Waals surface area contributed by atoms with Gasteiger partial charge in [0.15, 0.2) is 0 Å². The molecule has 1 aromatic heterocycles. The second kappa shape index (κ2) is 9.58. The summed E-state index contributed by atoms with van der Waals surface area (Å²) in [5, 5.41) is 0. The average molecular weight is 423 g/mol. The van der Waals surface area contributed by atoms with Crippen molar-refractivity contribution in [2.45, 2.75) is 31.3 Å². The van der Waals surface area contributed by atoms with Crippen molar-refractivity contribution in [2.24, 2.45) is 0 Å². The monoisotopic (exact) mass is 422 g/mol. The molecule has 2 aliphatic heterocycles. The Hall–Kier alpha value is -2.77. The third-order valence-electron chi connectivity index (χ3n) is 6.40. The summed E-state index contributed by atoms with van der Waals surface area (Å²) in [7, 11) is 1.59. The lowest BCUT2D eigenvalue weighted by molar-refractivity contribution is -0.136. The van der Waals surface area contributed by atoms with Crippen LogP contribution in [0.5, 0.6) is 0 Å². The molecule has 164 valence electrons. The van der Waals surface area contributed by atoms with Crippen LogP contribution in [0.15, 0.2) is 54.7 Å². The summed E-state index contributed by atoms with van der Waals surface area (Å²) in [5.74, 6) is -0.0694. The number of carbonyl (C=O) groups excluding carboxylic acids is 2. The molecule has 3 heterocycles. The highest BCUT2D eigenvalue weighted by Gasteiger charge is 2.57. The smallest absolute Gasteiger partial charge is 0.327 e. The molecule has 0 aliphatic carbocycles. The number of imide groups is 1. The van der Waals surface area contributed by atoms with Crippen molar-refractivity contribution in [1.29, 1.82) is 0 Å². The van der Waals surface area contributed by atoms with Gasteiger partial charge in [0.05, 0.1) is 18.8 Å². The summed E-state index contributed by atoms with van der Waals surface area (Å²) in [6.07, 6.45) is 3.82. The highest BCUT2D eigenvalue weighted by atomic mass is 16.5. The number of urea groups is 1. The average Bonchev–Trinajstić information content (AvgIpc) is 2.99. The van der Waals surface area contributed by atoms with Gasteiger partial charge < -0.3 is 9.64 Å². The minimum Gasteiger partial charge on any atom is -0.383 e. The second-order valence-corrected chi connectivity index (χ2v) is 8.25. The van der Waals surface area contributed by atoms with Gasteiger partial charge in [-0.1, -0.05) is 36.4 Å². The molecule has 0 N–H and O–H groups in total. The normalized spacial score (nSPS) is 18.9. The molecule has 4 rings (SSSR count). The van der Waals surface area contributed by atoms with Gasteiger partial charge >= 0.3 is 6.03 Å². The minimum atomic E-state index is -0.750.